The number of anilines is 2. The Morgan fingerprint density at radius 2 is 2.18 bits per heavy atom. The molecule has 0 spiro atoms. The highest BCUT2D eigenvalue weighted by Crippen LogP contribution is 2.12. The Hall–Kier alpha value is -2.11. The first-order valence-corrected chi connectivity index (χ1v) is 5.48. The second-order valence-corrected chi connectivity index (χ2v) is 4.20. The number of aromatic nitrogens is 4. The van der Waals surface area contributed by atoms with Gasteiger partial charge in [0.15, 0.2) is 5.82 Å². The van der Waals surface area contributed by atoms with Crippen LogP contribution in [0.2, 0.25) is 0 Å². The van der Waals surface area contributed by atoms with Crippen LogP contribution in [0.15, 0.2) is 18.3 Å². The molecule has 0 bridgehead atoms. The van der Waals surface area contributed by atoms with Crippen molar-refractivity contribution in [3.63, 3.8) is 0 Å². The molecule has 0 aliphatic carbocycles. The van der Waals surface area contributed by atoms with Crippen LogP contribution in [-0.4, -0.2) is 25.8 Å². The van der Waals surface area contributed by atoms with Crippen molar-refractivity contribution in [1.29, 1.82) is 0 Å². The van der Waals surface area contributed by atoms with Crippen molar-refractivity contribution in [2.24, 2.45) is 0 Å². The molecule has 90 valence electrons. The molecule has 0 fully saturated rings. The quantitative estimate of drug-likeness (QED) is 0.835. The first-order chi connectivity index (χ1) is 8.06. The van der Waals surface area contributed by atoms with Crippen molar-refractivity contribution >= 4 is 11.9 Å². The van der Waals surface area contributed by atoms with Crippen molar-refractivity contribution in [2.75, 3.05) is 11.1 Å². The molecule has 6 nitrogen and oxygen atoms in total. The van der Waals surface area contributed by atoms with E-state index < -0.39 is 0 Å². The van der Waals surface area contributed by atoms with Gasteiger partial charge in [0.05, 0.1) is 0 Å². The summed E-state index contributed by atoms with van der Waals surface area (Å²) < 4.78 is 1.53. The Balaban J connectivity index is 2.36. The second-order valence-electron chi connectivity index (χ2n) is 4.20. The first kappa shape index (κ1) is 11.4. The molecular formula is C11H16N6. The van der Waals surface area contributed by atoms with Crippen LogP contribution >= 0.6 is 0 Å². The molecule has 0 saturated carbocycles. The fraction of sp³-hybridized carbons (Fsp3) is 0.364. The van der Waals surface area contributed by atoms with E-state index in [0.717, 1.165) is 5.56 Å². The summed E-state index contributed by atoms with van der Waals surface area (Å²) in [6, 6.07) is 4.09. The van der Waals surface area contributed by atoms with E-state index in [1.165, 1.54) is 4.68 Å². The fourth-order valence-electron chi connectivity index (χ4n) is 1.45. The molecule has 6 heteroatoms. The first-order valence-electron chi connectivity index (χ1n) is 5.48. The molecule has 0 unspecified atom stereocenters. The highest BCUT2D eigenvalue weighted by molar-refractivity contribution is 5.39. The van der Waals surface area contributed by atoms with Gasteiger partial charge in [-0.25, -0.2) is 4.98 Å². The van der Waals surface area contributed by atoms with Crippen molar-refractivity contribution < 1.29 is 0 Å². The summed E-state index contributed by atoms with van der Waals surface area (Å²) in [5, 5.41) is 7.37. The minimum atomic E-state index is 0.260. The molecule has 2 heterocycles. The minimum Gasteiger partial charge on any atom is -0.368 e. The van der Waals surface area contributed by atoms with E-state index in [1.807, 2.05) is 32.9 Å². The average Bonchev–Trinajstić information content (AvgIpc) is 2.58. The third-order valence-electron chi connectivity index (χ3n) is 2.17. The van der Waals surface area contributed by atoms with Crippen molar-refractivity contribution in [3.8, 4) is 5.82 Å². The van der Waals surface area contributed by atoms with E-state index in [-0.39, 0.29) is 6.04 Å². The van der Waals surface area contributed by atoms with E-state index in [0.29, 0.717) is 17.7 Å². The lowest BCUT2D eigenvalue weighted by Crippen LogP contribution is -2.11. The van der Waals surface area contributed by atoms with Crippen LogP contribution in [0.4, 0.5) is 11.9 Å². The van der Waals surface area contributed by atoms with Gasteiger partial charge >= 0.3 is 0 Å². The Morgan fingerprint density at radius 3 is 2.82 bits per heavy atom. The fourth-order valence-corrected chi connectivity index (χ4v) is 1.45. The largest absolute Gasteiger partial charge is 0.368 e. The molecule has 0 amide bonds. The van der Waals surface area contributed by atoms with Crippen LogP contribution in [0.1, 0.15) is 19.4 Å². The van der Waals surface area contributed by atoms with E-state index >= 15 is 0 Å². The van der Waals surface area contributed by atoms with Crippen molar-refractivity contribution in [2.45, 2.75) is 26.8 Å². The van der Waals surface area contributed by atoms with Gasteiger partial charge in [0.2, 0.25) is 11.9 Å². The van der Waals surface area contributed by atoms with Crippen LogP contribution in [0, 0.1) is 6.92 Å². The normalized spacial score (nSPS) is 10.8. The minimum absolute atomic E-state index is 0.260. The summed E-state index contributed by atoms with van der Waals surface area (Å²) >= 11 is 0. The summed E-state index contributed by atoms with van der Waals surface area (Å²) in [6.45, 7) is 6.02. The molecule has 2 rings (SSSR count). The number of pyridine rings is 1. The standard InChI is InChI=1S/C11H16N6/c1-7(2)14-11-15-10(12)17(16-11)9-6-8(3)4-5-13-9/h4-7H,1-3H3,(H3,12,14,15,16). The van der Waals surface area contributed by atoms with E-state index in [1.54, 1.807) is 6.20 Å². The third kappa shape index (κ3) is 2.52. The molecule has 0 aliphatic rings. The Morgan fingerprint density at radius 1 is 1.41 bits per heavy atom. The second kappa shape index (κ2) is 4.40. The molecule has 17 heavy (non-hydrogen) atoms. The third-order valence-corrected chi connectivity index (χ3v) is 2.17. The maximum atomic E-state index is 5.81. The molecule has 3 N–H and O–H groups in total. The summed E-state index contributed by atoms with van der Waals surface area (Å²) in [5.41, 5.74) is 6.91. The number of nitrogens with one attached hydrogen (secondary N) is 1. The Kier molecular flexibility index (Phi) is 2.95. The maximum absolute atomic E-state index is 5.81. The summed E-state index contributed by atoms with van der Waals surface area (Å²) in [7, 11) is 0. The van der Waals surface area contributed by atoms with Gasteiger partial charge in [-0.1, -0.05) is 0 Å². The molecule has 0 aliphatic heterocycles. The number of nitrogen functional groups attached to an aromatic ring is 1. The van der Waals surface area contributed by atoms with Gasteiger partial charge < -0.3 is 11.1 Å². The predicted molar refractivity (Wildman–Crippen MR) is 67.1 cm³/mol. The van der Waals surface area contributed by atoms with E-state index in [2.05, 4.69) is 20.4 Å². The van der Waals surface area contributed by atoms with Crippen LogP contribution in [0.25, 0.3) is 5.82 Å². The zero-order valence-electron chi connectivity index (χ0n) is 10.2. The van der Waals surface area contributed by atoms with Gasteiger partial charge in [0, 0.05) is 12.2 Å². The number of nitrogens with two attached hydrogens (primary N) is 1. The van der Waals surface area contributed by atoms with E-state index in [9.17, 15) is 0 Å². The number of rotatable bonds is 3. The van der Waals surface area contributed by atoms with Crippen LogP contribution in [0.3, 0.4) is 0 Å². The molecule has 0 saturated heterocycles. The number of nitrogens with zero attached hydrogens (tertiary/aromatic N) is 4. The molecule has 0 aromatic carbocycles. The van der Waals surface area contributed by atoms with Gasteiger partial charge in [-0.05, 0) is 38.5 Å². The van der Waals surface area contributed by atoms with Crippen molar-refractivity contribution in [3.05, 3.63) is 23.9 Å². The van der Waals surface area contributed by atoms with Gasteiger partial charge in [-0.2, -0.15) is 9.67 Å². The predicted octanol–water partition coefficient (Wildman–Crippen LogP) is 1.37. The molecular weight excluding hydrogens is 216 g/mol. The smallest absolute Gasteiger partial charge is 0.244 e. The summed E-state index contributed by atoms with van der Waals surface area (Å²) in [4.78, 5) is 8.35. The lowest BCUT2D eigenvalue weighted by atomic mass is 10.3. The van der Waals surface area contributed by atoms with Crippen LogP contribution in [-0.2, 0) is 0 Å². The molecule has 0 atom stereocenters. The van der Waals surface area contributed by atoms with Crippen LogP contribution < -0.4 is 11.1 Å². The highest BCUT2D eigenvalue weighted by Gasteiger charge is 2.10. The lowest BCUT2D eigenvalue weighted by molar-refractivity contribution is 0.831. The zero-order valence-corrected chi connectivity index (χ0v) is 10.2. The monoisotopic (exact) mass is 232 g/mol. The van der Waals surface area contributed by atoms with Crippen molar-refractivity contribution in [1.82, 2.24) is 19.7 Å². The average molecular weight is 232 g/mol. The highest BCUT2D eigenvalue weighted by atomic mass is 15.4. The van der Waals surface area contributed by atoms with Crippen LogP contribution in [0.5, 0.6) is 0 Å². The molecule has 2 aromatic heterocycles. The topological polar surface area (TPSA) is 81.7 Å². The Labute approximate surface area is 99.9 Å². The number of hydrogen-bond donors (Lipinski definition) is 2. The summed E-state index contributed by atoms with van der Waals surface area (Å²) in [6.07, 6.45) is 1.72. The molecule has 2 aromatic rings. The number of hydrogen-bond acceptors (Lipinski definition) is 5. The maximum Gasteiger partial charge on any atom is 0.244 e. The van der Waals surface area contributed by atoms with Gasteiger partial charge in [0.1, 0.15) is 0 Å². The Bertz CT molecular complexity index is 516. The lowest BCUT2D eigenvalue weighted by Gasteiger charge is -2.03. The summed E-state index contributed by atoms with van der Waals surface area (Å²) in [5.74, 6) is 1.51. The molecule has 0 radical (unpaired) electrons. The zero-order chi connectivity index (χ0) is 12.4. The SMILES string of the molecule is Cc1ccnc(-n2nc(NC(C)C)nc2N)c1. The van der Waals surface area contributed by atoms with Gasteiger partial charge in [-0.3, -0.25) is 0 Å². The number of aryl methyl sites for hydroxylation is 1. The van der Waals surface area contributed by atoms with Gasteiger partial charge in [-0.15, -0.1) is 5.10 Å². The van der Waals surface area contributed by atoms with Gasteiger partial charge in [0.25, 0.3) is 0 Å². The van der Waals surface area contributed by atoms with E-state index in [4.69, 9.17) is 5.73 Å².